The van der Waals surface area contributed by atoms with E-state index >= 15 is 0 Å². The van der Waals surface area contributed by atoms with Gasteiger partial charge in [0.2, 0.25) is 0 Å². The fraction of sp³-hybridized carbons (Fsp3) is 1.00. The molecule has 0 radical (unpaired) electrons. The first-order chi connectivity index (χ1) is 7.35. The van der Waals surface area contributed by atoms with Crippen LogP contribution in [0.2, 0.25) is 0 Å². The lowest BCUT2D eigenvalue weighted by Crippen LogP contribution is -2.40. The van der Waals surface area contributed by atoms with E-state index in [0.29, 0.717) is 5.54 Å². The molecule has 2 fully saturated rings. The van der Waals surface area contributed by atoms with Gasteiger partial charge in [-0.25, -0.2) is 0 Å². The zero-order valence-corrected chi connectivity index (χ0v) is 10.1. The van der Waals surface area contributed by atoms with Gasteiger partial charge in [0.15, 0.2) is 0 Å². The Morgan fingerprint density at radius 1 is 1.27 bits per heavy atom. The van der Waals surface area contributed by atoms with Gasteiger partial charge in [-0.15, -0.1) is 0 Å². The van der Waals surface area contributed by atoms with Crippen molar-refractivity contribution in [2.75, 3.05) is 19.6 Å². The molecule has 0 aromatic rings. The van der Waals surface area contributed by atoms with Gasteiger partial charge in [0, 0.05) is 5.54 Å². The van der Waals surface area contributed by atoms with Crippen LogP contribution in [0.15, 0.2) is 0 Å². The van der Waals surface area contributed by atoms with Gasteiger partial charge in [-0.1, -0.05) is 6.92 Å². The van der Waals surface area contributed by atoms with E-state index in [0.717, 1.165) is 5.92 Å². The lowest BCUT2D eigenvalue weighted by molar-refractivity contribution is 0.272. The molecule has 88 valence electrons. The van der Waals surface area contributed by atoms with Crippen LogP contribution in [0, 0.1) is 5.92 Å². The maximum Gasteiger partial charge on any atom is 0.0179 e. The lowest BCUT2D eigenvalue weighted by Gasteiger charge is -2.31. The van der Waals surface area contributed by atoms with Crippen LogP contribution in [0.1, 0.15) is 51.9 Å². The van der Waals surface area contributed by atoms with Crippen LogP contribution in [0.25, 0.3) is 0 Å². The van der Waals surface area contributed by atoms with Crippen LogP contribution in [-0.2, 0) is 0 Å². The Balaban J connectivity index is 1.75. The molecule has 2 atom stereocenters. The summed E-state index contributed by atoms with van der Waals surface area (Å²) in [4.78, 5) is 0. The third kappa shape index (κ3) is 2.94. The molecular formula is C13H26N2. The Bertz CT molecular complexity index is 179. The van der Waals surface area contributed by atoms with E-state index in [4.69, 9.17) is 0 Å². The van der Waals surface area contributed by atoms with Gasteiger partial charge in [-0.2, -0.15) is 0 Å². The SMILES string of the molecule is CCC1(CCC2CCCNC2)CCCN1. The molecule has 0 saturated carbocycles. The molecule has 0 bridgehead atoms. The molecule has 0 aromatic carbocycles. The van der Waals surface area contributed by atoms with Gasteiger partial charge in [0.1, 0.15) is 0 Å². The third-order valence-electron chi connectivity index (χ3n) is 4.44. The van der Waals surface area contributed by atoms with Crippen molar-refractivity contribution < 1.29 is 0 Å². The Morgan fingerprint density at radius 3 is 2.80 bits per heavy atom. The molecule has 2 nitrogen and oxygen atoms in total. The normalized spacial score (nSPS) is 37.0. The quantitative estimate of drug-likeness (QED) is 0.744. The summed E-state index contributed by atoms with van der Waals surface area (Å²) in [6.07, 6.45) is 9.77. The molecule has 2 N–H and O–H groups in total. The monoisotopic (exact) mass is 210 g/mol. The van der Waals surface area contributed by atoms with Crippen LogP contribution in [0.3, 0.4) is 0 Å². The molecule has 2 unspecified atom stereocenters. The topological polar surface area (TPSA) is 24.1 Å². The average molecular weight is 210 g/mol. The summed E-state index contributed by atoms with van der Waals surface area (Å²) < 4.78 is 0. The van der Waals surface area contributed by atoms with Gasteiger partial charge in [0.05, 0.1) is 0 Å². The zero-order chi connectivity index (χ0) is 10.6. The van der Waals surface area contributed by atoms with Crippen LogP contribution in [-0.4, -0.2) is 25.2 Å². The summed E-state index contributed by atoms with van der Waals surface area (Å²) in [6, 6.07) is 0. The van der Waals surface area contributed by atoms with Crippen LogP contribution < -0.4 is 10.6 Å². The Labute approximate surface area is 94.2 Å². The van der Waals surface area contributed by atoms with Crippen LogP contribution >= 0.6 is 0 Å². The molecule has 0 spiro atoms. The molecule has 15 heavy (non-hydrogen) atoms. The average Bonchev–Trinajstić information content (AvgIpc) is 2.77. The highest BCUT2D eigenvalue weighted by Gasteiger charge is 2.31. The van der Waals surface area contributed by atoms with Crippen LogP contribution in [0.5, 0.6) is 0 Å². The highest BCUT2D eigenvalue weighted by Crippen LogP contribution is 2.30. The minimum absolute atomic E-state index is 0.511. The van der Waals surface area contributed by atoms with Crippen molar-refractivity contribution in [3.05, 3.63) is 0 Å². The maximum atomic E-state index is 3.74. The van der Waals surface area contributed by atoms with E-state index in [2.05, 4.69) is 17.6 Å². The molecule has 0 amide bonds. The standard InChI is InChI=1S/C13H26N2/c1-2-13(7-4-10-15-13)8-6-12-5-3-9-14-11-12/h12,14-15H,2-11H2,1H3. The van der Waals surface area contributed by atoms with E-state index in [1.807, 2.05) is 0 Å². The third-order valence-corrected chi connectivity index (χ3v) is 4.44. The van der Waals surface area contributed by atoms with Crippen LogP contribution in [0.4, 0.5) is 0 Å². The van der Waals surface area contributed by atoms with Crippen molar-refractivity contribution in [3.8, 4) is 0 Å². The molecule has 2 aliphatic rings. The molecule has 0 aliphatic carbocycles. The number of rotatable bonds is 4. The van der Waals surface area contributed by atoms with Crippen molar-refractivity contribution in [2.45, 2.75) is 57.4 Å². The number of hydrogen-bond acceptors (Lipinski definition) is 2. The van der Waals surface area contributed by atoms with E-state index < -0.39 is 0 Å². The van der Waals surface area contributed by atoms with Gasteiger partial charge in [-0.3, -0.25) is 0 Å². The smallest absolute Gasteiger partial charge is 0.0179 e. The van der Waals surface area contributed by atoms with E-state index in [9.17, 15) is 0 Å². The summed E-state index contributed by atoms with van der Waals surface area (Å²) in [5.41, 5.74) is 0.511. The van der Waals surface area contributed by atoms with E-state index in [1.54, 1.807) is 0 Å². The van der Waals surface area contributed by atoms with Gasteiger partial charge in [0.25, 0.3) is 0 Å². The summed E-state index contributed by atoms with van der Waals surface area (Å²) in [5.74, 6) is 0.949. The first-order valence-corrected chi connectivity index (χ1v) is 6.80. The first kappa shape index (κ1) is 11.4. The summed E-state index contributed by atoms with van der Waals surface area (Å²) >= 11 is 0. The summed E-state index contributed by atoms with van der Waals surface area (Å²) in [6.45, 7) is 6.10. The van der Waals surface area contributed by atoms with Gasteiger partial charge >= 0.3 is 0 Å². The molecule has 2 rings (SSSR count). The zero-order valence-electron chi connectivity index (χ0n) is 10.1. The minimum atomic E-state index is 0.511. The Morgan fingerprint density at radius 2 is 2.20 bits per heavy atom. The fourth-order valence-electron chi connectivity index (χ4n) is 3.21. The van der Waals surface area contributed by atoms with Crippen molar-refractivity contribution >= 4 is 0 Å². The number of nitrogens with one attached hydrogen (secondary N) is 2. The predicted molar refractivity (Wildman–Crippen MR) is 65.1 cm³/mol. The number of hydrogen-bond donors (Lipinski definition) is 2. The van der Waals surface area contributed by atoms with Gasteiger partial charge in [-0.05, 0) is 70.5 Å². The minimum Gasteiger partial charge on any atom is -0.316 e. The summed E-state index contributed by atoms with van der Waals surface area (Å²) in [5, 5.41) is 7.26. The molecule has 2 saturated heterocycles. The highest BCUT2D eigenvalue weighted by molar-refractivity contribution is 4.92. The second-order valence-corrected chi connectivity index (χ2v) is 5.42. The molecule has 2 aliphatic heterocycles. The first-order valence-electron chi connectivity index (χ1n) is 6.80. The molecule has 2 heterocycles. The second kappa shape index (κ2) is 5.31. The van der Waals surface area contributed by atoms with Crippen molar-refractivity contribution in [1.29, 1.82) is 0 Å². The Kier molecular flexibility index (Phi) is 4.04. The fourth-order valence-corrected chi connectivity index (χ4v) is 3.21. The van der Waals surface area contributed by atoms with Crippen molar-refractivity contribution in [1.82, 2.24) is 10.6 Å². The van der Waals surface area contributed by atoms with Crippen molar-refractivity contribution in [3.63, 3.8) is 0 Å². The molecule has 2 heteroatoms. The second-order valence-electron chi connectivity index (χ2n) is 5.42. The maximum absolute atomic E-state index is 3.74. The molecular weight excluding hydrogens is 184 g/mol. The highest BCUT2D eigenvalue weighted by atomic mass is 15.0. The summed E-state index contributed by atoms with van der Waals surface area (Å²) in [7, 11) is 0. The van der Waals surface area contributed by atoms with E-state index in [-0.39, 0.29) is 0 Å². The predicted octanol–water partition coefficient (Wildman–Crippen LogP) is 2.30. The Hall–Kier alpha value is -0.0800. The largest absolute Gasteiger partial charge is 0.316 e. The molecule has 0 aromatic heterocycles. The van der Waals surface area contributed by atoms with Crippen molar-refractivity contribution in [2.24, 2.45) is 5.92 Å². The van der Waals surface area contributed by atoms with E-state index in [1.165, 1.54) is 64.6 Å². The number of piperidine rings is 1. The van der Waals surface area contributed by atoms with Gasteiger partial charge < -0.3 is 10.6 Å². The lowest BCUT2D eigenvalue weighted by atomic mass is 9.84.